The van der Waals surface area contributed by atoms with Gasteiger partial charge in [0.05, 0.1) is 0 Å². The highest BCUT2D eigenvalue weighted by Gasteiger charge is 1.87. The fourth-order valence-electron chi connectivity index (χ4n) is 0.290. The first-order valence-corrected chi connectivity index (χ1v) is 2.63. The molecular weight excluding hydrogens is 124 g/mol. The molecule has 0 aliphatic carbocycles. The second-order valence-electron chi connectivity index (χ2n) is 1.64. The molecule has 46 valence electrons. The minimum atomic E-state index is 0.551. The molecule has 0 fully saturated rings. The minimum Gasteiger partial charge on any atom is -0.403 e. The summed E-state index contributed by atoms with van der Waals surface area (Å²) in [7, 11) is 3.76. The van der Waals surface area contributed by atoms with Gasteiger partial charge in [-0.05, 0) is 0 Å². The van der Waals surface area contributed by atoms with Gasteiger partial charge in [0.25, 0.3) is 0 Å². The first kappa shape index (κ1) is 7.50. The molecule has 0 aliphatic rings. The molecule has 0 aliphatic heterocycles. The van der Waals surface area contributed by atoms with Crippen molar-refractivity contribution in [1.82, 2.24) is 0 Å². The molecule has 0 saturated heterocycles. The molecule has 0 heterocycles. The van der Waals surface area contributed by atoms with Crippen LogP contribution in [-0.2, 0) is 0 Å². The van der Waals surface area contributed by atoms with Crippen molar-refractivity contribution in [3.63, 3.8) is 0 Å². The molecule has 8 heavy (non-hydrogen) atoms. The quantitative estimate of drug-likeness (QED) is 0.407. The average Bonchev–Trinajstić information content (AvgIpc) is 1.65. The van der Waals surface area contributed by atoms with Crippen molar-refractivity contribution in [3.8, 4) is 0 Å². The highest BCUT2D eigenvalue weighted by atomic mass is 35.5. The molecule has 0 atom stereocenters. The summed E-state index contributed by atoms with van der Waals surface area (Å²) in [6.07, 6.45) is 3.07. The summed E-state index contributed by atoms with van der Waals surface area (Å²) in [5.41, 5.74) is 5.07. The van der Waals surface area contributed by atoms with Crippen molar-refractivity contribution in [2.75, 3.05) is 14.1 Å². The highest BCUT2D eigenvalue weighted by Crippen LogP contribution is 1.90. The van der Waals surface area contributed by atoms with Gasteiger partial charge < -0.3 is 5.73 Å². The molecule has 0 aromatic rings. The second-order valence-corrected chi connectivity index (χ2v) is 2.08. The third-order valence-corrected chi connectivity index (χ3v) is 0.764. The normalized spacial score (nSPS) is 11.1. The van der Waals surface area contributed by atoms with Gasteiger partial charge in [-0.3, -0.25) is 0 Å². The van der Waals surface area contributed by atoms with E-state index in [1.165, 1.54) is 6.20 Å². The van der Waals surface area contributed by atoms with Crippen LogP contribution in [0.5, 0.6) is 0 Å². The predicted molar refractivity (Wildman–Crippen MR) is 36.3 cm³/mol. The van der Waals surface area contributed by atoms with E-state index in [1.807, 2.05) is 18.7 Å². The van der Waals surface area contributed by atoms with Crippen LogP contribution in [0.25, 0.3) is 0 Å². The molecule has 0 spiro atoms. The first-order chi connectivity index (χ1) is 3.66. The van der Waals surface area contributed by atoms with Crippen molar-refractivity contribution in [2.45, 2.75) is 0 Å². The van der Waals surface area contributed by atoms with E-state index in [2.05, 4.69) is 0 Å². The van der Waals surface area contributed by atoms with Crippen LogP contribution in [0, 0.1) is 0 Å². The van der Waals surface area contributed by atoms with Crippen LogP contribution >= 0.6 is 11.6 Å². The summed E-state index contributed by atoms with van der Waals surface area (Å²) >= 11 is 5.50. The molecule has 2 nitrogen and oxygen atoms in total. The van der Waals surface area contributed by atoms with E-state index in [0.717, 1.165) is 0 Å². The lowest BCUT2D eigenvalue weighted by Crippen LogP contribution is -1.99. The first-order valence-electron chi connectivity index (χ1n) is 2.25. The monoisotopic (exact) mass is 133 g/mol. The lowest BCUT2D eigenvalue weighted by atomic mass is 10.6. The second kappa shape index (κ2) is 3.50. The van der Waals surface area contributed by atoms with E-state index in [1.54, 1.807) is 6.21 Å². The number of rotatable bonds is 1. The Labute approximate surface area is 54.3 Å². The summed E-state index contributed by atoms with van der Waals surface area (Å²) in [5.74, 6) is 0. The van der Waals surface area contributed by atoms with E-state index in [4.69, 9.17) is 17.3 Å². The Balaban J connectivity index is 3.89. The Hall–Kier alpha value is -0.500. The van der Waals surface area contributed by atoms with Gasteiger partial charge in [-0.25, -0.2) is 4.58 Å². The number of halogens is 1. The topological polar surface area (TPSA) is 29.0 Å². The maximum absolute atomic E-state index is 5.50. The fourth-order valence-corrected chi connectivity index (χ4v) is 0.485. The van der Waals surface area contributed by atoms with Gasteiger partial charge in [-0.2, -0.15) is 0 Å². The minimum absolute atomic E-state index is 0.551. The Bertz CT molecular complexity index is 122. The van der Waals surface area contributed by atoms with E-state index in [0.29, 0.717) is 5.03 Å². The summed E-state index contributed by atoms with van der Waals surface area (Å²) < 4.78 is 1.83. The van der Waals surface area contributed by atoms with Crippen LogP contribution in [0.3, 0.4) is 0 Å². The Morgan fingerprint density at radius 3 is 2.25 bits per heavy atom. The lowest BCUT2D eigenvalue weighted by Gasteiger charge is -1.82. The van der Waals surface area contributed by atoms with Crippen molar-refractivity contribution in [1.29, 1.82) is 0 Å². The molecule has 0 saturated carbocycles. The summed E-state index contributed by atoms with van der Waals surface area (Å²) in [5, 5.41) is 0.551. The van der Waals surface area contributed by atoms with Gasteiger partial charge in [0.15, 0.2) is 6.21 Å². The summed E-state index contributed by atoms with van der Waals surface area (Å²) in [6, 6.07) is 0. The van der Waals surface area contributed by atoms with Crippen LogP contribution in [-0.4, -0.2) is 24.9 Å². The van der Waals surface area contributed by atoms with Crippen LogP contribution < -0.4 is 5.73 Å². The zero-order valence-electron chi connectivity index (χ0n) is 5.06. The number of hydrogen-bond acceptors (Lipinski definition) is 1. The zero-order chi connectivity index (χ0) is 6.57. The van der Waals surface area contributed by atoms with Crippen molar-refractivity contribution >= 4 is 17.8 Å². The van der Waals surface area contributed by atoms with E-state index in [9.17, 15) is 0 Å². The molecule has 0 aromatic heterocycles. The number of hydrogen-bond donors (Lipinski definition) is 1. The molecule has 0 amide bonds. The average molecular weight is 134 g/mol. The van der Waals surface area contributed by atoms with Crippen LogP contribution in [0.15, 0.2) is 11.2 Å². The van der Waals surface area contributed by atoms with Crippen LogP contribution in [0.1, 0.15) is 0 Å². The molecule has 0 radical (unpaired) electrons. The van der Waals surface area contributed by atoms with Gasteiger partial charge in [0.2, 0.25) is 0 Å². The van der Waals surface area contributed by atoms with Gasteiger partial charge in [0.1, 0.15) is 19.1 Å². The summed E-state index contributed by atoms with van der Waals surface area (Å²) in [4.78, 5) is 0. The largest absolute Gasteiger partial charge is 0.403 e. The third-order valence-electron chi connectivity index (χ3n) is 0.541. The SMILES string of the molecule is C[N+](C)=C/C(Cl)=C/N. The molecule has 0 bridgehead atoms. The van der Waals surface area contributed by atoms with Crippen LogP contribution in [0.4, 0.5) is 0 Å². The molecular formula is C5H10ClN2+. The summed E-state index contributed by atoms with van der Waals surface area (Å²) in [6.45, 7) is 0. The number of nitrogens with zero attached hydrogens (tertiary/aromatic N) is 1. The lowest BCUT2D eigenvalue weighted by molar-refractivity contribution is -0.458. The van der Waals surface area contributed by atoms with Gasteiger partial charge in [-0.1, -0.05) is 11.6 Å². The van der Waals surface area contributed by atoms with Gasteiger partial charge in [-0.15, -0.1) is 0 Å². The maximum Gasteiger partial charge on any atom is 0.183 e. The van der Waals surface area contributed by atoms with Crippen molar-refractivity contribution in [2.24, 2.45) is 5.73 Å². The molecule has 0 rings (SSSR count). The molecule has 0 unspecified atom stereocenters. The van der Waals surface area contributed by atoms with E-state index >= 15 is 0 Å². The molecule has 3 heteroatoms. The van der Waals surface area contributed by atoms with Crippen molar-refractivity contribution in [3.05, 3.63) is 11.2 Å². The highest BCUT2D eigenvalue weighted by molar-refractivity contribution is 6.38. The van der Waals surface area contributed by atoms with Gasteiger partial charge in [0, 0.05) is 6.20 Å². The van der Waals surface area contributed by atoms with E-state index in [-0.39, 0.29) is 0 Å². The zero-order valence-corrected chi connectivity index (χ0v) is 5.81. The van der Waals surface area contributed by atoms with E-state index < -0.39 is 0 Å². The van der Waals surface area contributed by atoms with Crippen LogP contribution in [0.2, 0.25) is 0 Å². The Morgan fingerprint density at radius 1 is 1.62 bits per heavy atom. The molecule has 0 aromatic carbocycles. The number of allylic oxidation sites excluding steroid dienone is 1. The van der Waals surface area contributed by atoms with Crippen molar-refractivity contribution < 1.29 is 4.58 Å². The standard InChI is InChI=1S/C5H9ClN2/c1-8(2)4-5(6)3-7/h3-4,7H,1-2H3/p+1. The third kappa shape index (κ3) is 3.68. The molecule has 2 N–H and O–H groups in total. The maximum atomic E-state index is 5.50. The van der Waals surface area contributed by atoms with Gasteiger partial charge >= 0.3 is 0 Å². The smallest absolute Gasteiger partial charge is 0.183 e. The Kier molecular flexibility index (Phi) is 3.28. The Morgan fingerprint density at radius 2 is 2.12 bits per heavy atom. The number of nitrogens with two attached hydrogens (primary N) is 1. The fraction of sp³-hybridized carbons (Fsp3) is 0.400. The predicted octanol–water partition coefficient (Wildman–Crippen LogP) is 0.368.